The molecule has 0 bridgehead atoms. The molecule has 1 aromatic heterocycles. The molecule has 2 aromatic rings. The second-order valence-corrected chi connectivity index (χ2v) is 8.14. The van der Waals surface area contributed by atoms with Crippen LogP contribution < -0.4 is 5.32 Å². The summed E-state index contributed by atoms with van der Waals surface area (Å²) in [5.41, 5.74) is 3.86. The average molecular weight is 367 g/mol. The third kappa shape index (κ3) is 3.93. The highest BCUT2D eigenvalue weighted by Gasteiger charge is 2.20. The minimum Gasteiger partial charge on any atom is -0.313 e. The number of aryl methyl sites for hydroxylation is 1. The molecule has 2 rings (SSSR count). The van der Waals surface area contributed by atoms with Crippen LogP contribution in [0, 0.1) is 6.92 Å². The maximum Gasteiger partial charge on any atom is 0.0947 e. The normalized spacial score (nSPS) is 13.4. The molecular weight excluding hydrogens is 344 g/mol. The summed E-state index contributed by atoms with van der Waals surface area (Å²) in [6.45, 7) is 8.75. The van der Waals surface area contributed by atoms with Crippen molar-refractivity contribution in [2.75, 3.05) is 7.05 Å². The SMILES string of the molecule is CNC(Cc1nc(C(C)(C)C)cs1)c1cccc(C)c1Br. The Labute approximate surface area is 140 Å². The van der Waals surface area contributed by atoms with Gasteiger partial charge in [-0.05, 0) is 25.1 Å². The molecule has 0 amide bonds. The summed E-state index contributed by atoms with van der Waals surface area (Å²) in [4.78, 5) is 4.81. The molecule has 0 aliphatic carbocycles. The molecule has 1 unspecified atom stereocenters. The average Bonchev–Trinajstić information content (AvgIpc) is 2.88. The van der Waals surface area contributed by atoms with E-state index in [0.29, 0.717) is 0 Å². The first-order chi connectivity index (χ1) is 9.82. The van der Waals surface area contributed by atoms with Crippen LogP contribution in [0.2, 0.25) is 0 Å². The smallest absolute Gasteiger partial charge is 0.0947 e. The van der Waals surface area contributed by atoms with Gasteiger partial charge >= 0.3 is 0 Å². The molecule has 0 radical (unpaired) electrons. The van der Waals surface area contributed by atoms with Crippen LogP contribution in [0.4, 0.5) is 0 Å². The number of rotatable bonds is 4. The minimum atomic E-state index is 0.119. The first-order valence-corrected chi connectivity index (χ1v) is 8.87. The summed E-state index contributed by atoms with van der Waals surface area (Å²) < 4.78 is 1.19. The molecule has 1 aromatic carbocycles. The highest BCUT2D eigenvalue weighted by atomic mass is 79.9. The van der Waals surface area contributed by atoms with E-state index >= 15 is 0 Å². The number of benzene rings is 1. The fourth-order valence-electron chi connectivity index (χ4n) is 2.23. The van der Waals surface area contributed by atoms with Crippen LogP contribution in [0.5, 0.6) is 0 Å². The van der Waals surface area contributed by atoms with E-state index in [0.717, 1.165) is 6.42 Å². The summed E-state index contributed by atoms with van der Waals surface area (Å²) in [6, 6.07) is 6.69. The highest BCUT2D eigenvalue weighted by molar-refractivity contribution is 9.10. The largest absolute Gasteiger partial charge is 0.313 e. The molecular formula is C17H23BrN2S. The molecule has 21 heavy (non-hydrogen) atoms. The van der Waals surface area contributed by atoms with Gasteiger partial charge in [0.05, 0.1) is 10.7 Å². The first kappa shape index (κ1) is 16.7. The zero-order valence-electron chi connectivity index (χ0n) is 13.3. The molecule has 114 valence electrons. The molecule has 0 fully saturated rings. The first-order valence-electron chi connectivity index (χ1n) is 7.20. The number of likely N-dealkylation sites (N-methyl/N-ethyl adjacent to an activating group) is 1. The zero-order chi connectivity index (χ0) is 15.6. The number of hydrogen-bond donors (Lipinski definition) is 1. The zero-order valence-corrected chi connectivity index (χ0v) is 15.7. The predicted molar refractivity (Wildman–Crippen MR) is 95.2 cm³/mol. The van der Waals surface area contributed by atoms with E-state index in [4.69, 9.17) is 4.98 Å². The maximum absolute atomic E-state index is 4.81. The summed E-state index contributed by atoms with van der Waals surface area (Å²) in [7, 11) is 2.01. The summed E-state index contributed by atoms with van der Waals surface area (Å²) in [6.07, 6.45) is 0.916. The molecule has 0 saturated carbocycles. The predicted octanol–water partition coefficient (Wildman–Crippen LogP) is 5.01. The van der Waals surface area contributed by atoms with Crippen LogP contribution in [0.25, 0.3) is 0 Å². The summed E-state index contributed by atoms with van der Waals surface area (Å²) in [5.74, 6) is 0. The van der Waals surface area contributed by atoms with Gasteiger partial charge in [0.15, 0.2) is 0 Å². The topological polar surface area (TPSA) is 24.9 Å². The van der Waals surface area contributed by atoms with Crippen molar-refractivity contribution in [1.29, 1.82) is 0 Å². The van der Waals surface area contributed by atoms with Gasteiger partial charge in [0.1, 0.15) is 0 Å². The molecule has 2 nitrogen and oxygen atoms in total. The Kier molecular flexibility index (Phi) is 5.23. The fraction of sp³-hybridized carbons (Fsp3) is 0.471. The maximum atomic E-state index is 4.81. The van der Waals surface area contributed by atoms with Crippen molar-refractivity contribution in [1.82, 2.24) is 10.3 Å². The second-order valence-electron chi connectivity index (χ2n) is 6.40. The van der Waals surface area contributed by atoms with E-state index in [-0.39, 0.29) is 11.5 Å². The van der Waals surface area contributed by atoms with Crippen molar-refractivity contribution in [2.45, 2.75) is 45.6 Å². The Morgan fingerprint density at radius 3 is 2.62 bits per heavy atom. The molecule has 0 aliphatic heterocycles. The summed E-state index contributed by atoms with van der Waals surface area (Å²) in [5, 5.41) is 6.80. The molecule has 0 aliphatic rings. The van der Waals surface area contributed by atoms with Crippen molar-refractivity contribution >= 4 is 27.3 Å². The van der Waals surface area contributed by atoms with Gasteiger partial charge in [0.25, 0.3) is 0 Å². The van der Waals surface area contributed by atoms with Crippen LogP contribution in [-0.2, 0) is 11.8 Å². The monoisotopic (exact) mass is 366 g/mol. The molecule has 1 heterocycles. The third-order valence-electron chi connectivity index (χ3n) is 3.64. The second kappa shape index (κ2) is 6.59. The minimum absolute atomic E-state index is 0.119. The van der Waals surface area contributed by atoms with Gasteiger partial charge < -0.3 is 5.32 Å². The van der Waals surface area contributed by atoms with Gasteiger partial charge in [-0.25, -0.2) is 4.98 Å². The number of nitrogens with zero attached hydrogens (tertiary/aromatic N) is 1. The van der Waals surface area contributed by atoms with Gasteiger partial charge in [0.2, 0.25) is 0 Å². The lowest BCUT2D eigenvalue weighted by molar-refractivity contribution is 0.559. The third-order valence-corrected chi connectivity index (χ3v) is 5.60. The summed E-state index contributed by atoms with van der Waals surface area (Å²) >= 11 is 5.47. The van der Waals surface area contributed by atoms with Gasteiger partial charge in [-0.2, -0.15) is 0 Å². The highest BCUT2D eigenvalue weighted by Crippen LogP contribution is 2.30. The van der Waals surface area contributed by atoms with E-state index in [1.807, 2.05) is 7.05 Å². The quantitative estimate of drug-likeness (QED) is 0.821. The molecule has 0 saturated heterocycles. The van der Waals surface area contributed by atoms with Crippen LogP contribution in [0.15, 0.2) is 28.1 Å². The van der Waals surface area contributed by atoms with Crippen molar-refractivity contribution in [3.05, 3.63) is 49.9 Å². The molecule has 0 spiro atoms. The van der Waals surface area contributed by atoms with E-state index in [1.165, 1.54) is 26.3 Å². The van der Waals surface area contributed by atoms with Gasteiger partial charge in [0, 0.05) is 27.7 Å². The van der Waals surface area contributed by atoms with E-state index in [2.05, 4.69) is 72.5 Å². The van der Waals surface area contributed by atoms with Crippen molar-refractivity contribution in [3.8, 4) is 0 Å². The number of nitrogens with one attached hydrogen (secondary N) is 1. The number of halogens is 1. The standard InChI is InChI=1S/C17H23BrN2S/c1-11-7-6-8-12(16(11)18)13(19-5)9-15-20-14(10-21-15)17(2,3)4/h6-8,10,13,19H,9H2,1-5H3. The van der Waals surface area contributed by atoms with Gasteiger partial charge in [-0.3, -0.25) is 0 Å². The Morgan fingerprint density at radius 1 is 1.33 bits per heavy atom. The van der Waals surface area contributed by atoms with Crippen molar-refractivity contribution < 1.29 is 0 Å². The lowest BCUT2D eigenvalue weighted by Crippen LogP contribution is -2.20. The fourth-order valence-corrected chi connectivity index (χ4v) is 3.84. The Morgan fingerprint density at radius 2 is 2.05 bits per heavy atom. The van der Waals surface area contributed by atoms with E-state index in [1.54, 1.807) is 11.3 Å². The van der Waals surface area contributed by atoms with E-state index in [9.17, 15) is 0 Å². The molecule has 1 atom stereocenters. The van der Waals surface area contributed by atoms with Crippen LogP contribution in [0.1, 0.15) is 48.6 Å². The van der Waals surface area contributed by atoms with Gasteiger partial charge in [-0.1, -0.05) is 54.9 Å². The lowest BCUT2D eigenvalue weighted by atomic mass is 9.93. The Hall–Kier alpha value is -0.710. The number of hydrogen-bond acceptors (Lipinski definition) is 3. The lowest BCUT2D eigenvalue weighted by Gasteiger charge is -2.18. The van der Waals surface area contributed by atoms with Crippen LogP contribution in [-0.4, -0.2) is 12.0 Å². The van der Waals surface area contributed by atoms with E-state index < -0.39 is 0 Å². The molecule has 1 N–H and O–H groups in total. The van der Waals surface area contributed by atoms with Gasteiger partial charge in [-0.15, -0.1) is 11.3 Å². The number of thiazole rings is 1. The van der Waals surface area contributed by atoms with Crippen molar-refractivity contribution in [2.24, 2.45) is 0 Å². The number of aromatic nitrogens is 1. The Balaban J connectivity index is 2.23. The Bertz CT molecular complexity index is 613. The van der Waals surface area contributed by atoms with Crippen LogP contribution >= 0.6 is 27.3 Å². The van der Waals surface area contributed by atoms with Crippen LogP contribution in [0.3, 0.4) is 0 Å². The molecule has 4 heteroatoms. The van der Waals surface area contributed by atoms with Crippen molar-refractivity contribution in [3.63, 3.8) is 0 Å².